The molecule has 0 spiro atoms. The van der Waals surface area contributed by atoms with E-state index in [9.17, 15) is 13.2 Å². The van der Waals surface area contributed by atoms with Crippen LogP contribution in [0.3, 0.4) is 0 Å². The van der Waals surface area contributed by atoms with E-state index < -0.39 is 15.9 Å². The number of nitrogens with one attached hydrogen (secondary N) is 2. The average Bonchev–Trinajstić information content (AvgIpc) is 3.64. The van der Waals surface area contributed by atoms with Crippen molar-refractivity contribution in [1.82, 2.24) is 29.5 Å². The Morgan fingerprint density at radius 3 is 2.53 bits per heavy atom. The number of pyridine rings is 3. The smallest absolute Gasteiger partial charge is 0.281 e. The summed E-state index contributed by atoms with van der Waals surface area (Å²) in [6, 6.07) is 13.7. The van der Waals surface area contributed by atoms with Crippen LogP contribution in [0, 0.1) is 11.3 Å². The van der Waals surface area contributed by atoms with Crippen molar-refractivity contribution in [1.29, 1.82) is 0 Å². The van der Waals surface area contributed by atoms with E-state index in [1.165, 1.54) is 6.07 Å². The van der Waals surface area contributed by atoms with E-state index >= 15 is 0 Å². The molecule has 13 heteroatoms. The largest absolute Gasteiger partial charge is 0.477 e. The van der Waals surface area contributed by atoms with Crippen LogP contribution in [0.2, 0.25) is 0 Å². The fourth-order valence-corrected chi connectivity index (χ4v) is 7.66. The Labute approximate surface area is 301 Å². The first-order valence-corrected chi connectivity index (χ1v) is 19.1. The van der Waals surface area contributed by atoms with Gasteiger partial charge in [0.25, 0.3) is 15.9 Å². The molecule has 1 amide bonds. The number of hydrogen-bond donors (Lipinski definition) is 2. The first-order valence-electron chi connectivity index (χ1n) is 17.6. The summed E-state index contributed by atoms with van der Waals surface area (Å²) < 4.78 is 37.1. The molecule has 4 aromatic rings. The minimum Gasteiger partial charge on any atom is -0.477 e. The number of rotatable bonds is 5. The summed E-state index contributed by atoms with van der Waals surface area (Å²) in [5.41, 5.74) is 1.84. The molecule has 1 saturated heterocycles. The first-order chi connectivity index (χ1) is 23.9. The Balaban J connectivity index is 1.38. The molecule has 12 nitrogen and oxygen atoms in total. The fourth-order valence-electron chi connectivity index (χ4n) is 6.73. The highest BCUT2D eigenvalue weighted by atomic mass is 32.2. The van der Waals surface area contributed by atoms with Gasteiger partial charge in [0.05, 0.1) is 23.9 Å². The molecular formula is C38H50N8O4S. The van der Waals surface area contributed by atoms with Crippen molar-refractivity contribution in [3.05, 3.63) is 77.7 Å². The number of carbonyl (C=O) groups is 1. The van der Waals surface area contributed by atoms with Crippen molar-refractivity contribution in [2.24, 2.45) is 11.3 Å². The molecule has 2 aliphatic rings. The molecule has 0 aromatic carbocycles. The summed E-state index contributed by atoms with van der Waals surface area (Å²) in [4.78, 5) is 30.2. The van der Waals surface area contributed by atoms with Crippen LogP contribution in [-0.2, 0) is 15.4 Å². The maximum absolute atomic E-state index is 13.9. The van der Waals surface area contributed by atoms with Crippen LogP contribution >= 0.6 is 0 Å². The van der Waals surface area contributed by atoms with Gasteiger partial charge >= 0.3 is 0 Å². The number of aromatic nitrogens is 5. The number of hydrogen-bond acceptors (Lipinski definition) is 10. The van der Waals surface area contributed by atoms with Crippen LogP contribution < -0.4 is 19.7 Å². The number of amides is 1. The van der Waals surface area contributed by atoms with E-state index in [0.29, 0.717) is 36.5 Å². The van der Waals surface area contributed by atoms with Gasteiger partial charge in [-0.2, -0.15) is 8.42 Å². The van der Waals surface area contributed by atoms with Crippen LogP contribution in [0.15, 0.2) is 66.0 Å². The predicted octanol–water partition coefficient (Wildman–Crippen LogP) is 6.84. The van der Waals surface area contributed by atoms with Gasteiger partial charge in [0.2, 0.25) is 5.88 Å². The van der Waals surface area contributed by atoms with Crippen LogP contribution in [0.4, 0.5) is 11.6 Å². The fraction of sp³-hybridized carbons (Fsp3) is 0.500. The average molecular weight is 715 g/mol. The van der Waals surface area contributed by atoms with Crippen molar-refractivity contribution in [3.63, 3.8) is 0 Å². The lowest BCUT2D eigenvalue weighted by molar-refractivity contribution is 0.0981. The standard InChI is InChI=1S/C38H50N8O4S/c1-36(2,3)18-21-50-32-17-20-46(43-32)31-15-13-27-34(42-31)45-24-25(23-38(45,7)8)12-14-28(29-22-26(16-19-39-29)37(4,5)6)40-30-10-9-11-33(41-30)51(48,49)44-35(27)47/h9-11,13,15-17,19-20,22,25,28H,12,14,18,21,23-24H2,1-8H3,(H,40,41)(H,44,47)/t25-,28+/m0/s1. The predicted molar refractivity (Wildman–Crippen MR) is 198 cm³/mol. The molecule has 0 unspecified atom stereocenters. The summed E-state index contributed by atoms with van der Waals surface area (Å²) >= 11 is 0. The van der Waals surface area contributed by atoms with Crippen LogP contribution in [0.25, 0.3) is 5.82 Å². The van der Waals surface area contributed by atoms with Crippen molar-refractivity contribution in [2.75, 3.05) is 23.4 Å². The third kappa shape index (κ3) is 8.35. The molecule has 272 valence electrons. The van der Waals surface area contributed by atoms with Crippen molar-refractivity contribution < 1.29 is 17.9 Å². The Morgan fingerprint density at radius 1 is 1.00 bits per heavy atom. The molecule has 1 fully saturated rings. The zero-order valence-electron chi connectivity index (χ0n) is 30.9. The number of sulfonamides is 1. The lowest BCUT2D eigenvalue weighted by atomic mass is 9.86. The molecule has 51 heavy (non-hydrogen) atoms. The number of carbonyl (C=O) groups excluding carboxylic acids is 1. The third-order valence-electron chi connectivity index (χ3n) is 9.64. The molecule has 2 atom stereocenters. The van der Waals surface area contributed by atoms with Gasteiger partial charge in [-0.3, -0.25) is 9.78 Å². The molecule has 6 heterocycles. The number of fused-ring (bicyclic) bond motifs is 6. The summed E-state index contributed by atoms with van der Waals surface area (Å²) in [5.74, 6) is 1.21. The summed E-state index contributed by atoms with van der Waals surface area (Å²) in [6.45, 7) is 18.4. The van der Waals surface area contributed by atoms with E-state index in [2.05, 4.69) is 86.5 Å². The Kier molecular flexibility index (Phi) is 9.64. The van der Waals surface area contributed by atoms with Crippen molar-refractivity contribution in [3.8, 4) is 11.7 Å². The maximum Gasteiger partial charge on any atom is 0.281 e. The van der Waals surface area contributed by atoms with Gasteiger partial charge < -0.3 is 15.0 Å². The van der Waals surface area contributed by atoms with Crippen LogP contribution in [0.5, 0.6) is 5.88 Å². The van der Waals surface area contributed by atoms with E-state index in [0.717, 1.165) is 36.9 Å². The highest BCUT2D eigenvalue weighted by molar-refractivity contribution is 7.90. The quantitative estimate of drug-likeness (QED) is 0.226. The first kappa shape index (κ1) is 36.3. The van der Waals surface area contributed by atoms with Crippen LogP contribution in [-0.4, -0.2) is 57.7 Å². The zero-order valence-corrected chi connectivity index (χ0v) is 31.7. The van der Waals surface area contributed by atoms with Gasteiger partial charge in [0.15, 0.2) is 10.8 Å². The lowest BCUT2D eigenvalue weighted by Crippen LogP contribution is -2.41. The molecule has 0 radical (unpaired) electrons. The van der Waals surface area contributed by atoms with Crippen molar-refractivity contribution >= 4 is 27.6 Å². The second-order valence-electron chi connectivity index (χ2n) is 16.6. The Bertz CT molecular complexity index is 2010. The minimum atomic E-state index is -4.35. The normalized spacial score (nSPS) is 20.4. The number of ether oxygens (including phenoxy) is 1. The van der Waals surface area contributed by atoms with Crippen molar-refractivity contribution in [2.45, 2.75) is 103 Å². The summed E-state index contributed by atoms with van der Waals surface area (Å²) in [6.07, 6.45) is 6.91. The monoisotopic (exact) mass is 714 g/mol. The molecule has 0 saturated carbocycles. The maximum atomic E-state index is 13.9. The molecule has 2 aliphatic heterocycles. The molecule has 0 aliphatic carbocycles. The highest BCUT2D eigenvalue weighted by Crippen LogP contribution is 2.41. The van der Waals surface area contributed by atoms with Gasteiger partial charge in [-0.25, -0.2) is 19.4 Å². The molecule has 6 rings (SSSR count). The third-order valence-corrected chi connectivity index (χ3v) is 10.9. The number of nitrogens with zero attached hydrogens (tertiary/aromatic N) is 6. The van der Waals surface area contributed by atoms with E-state index in [4.69, 9.17) is 14.7 Å². The number of anilines is 2. The van der Waals surface area contributed by atoms with Gasteiger partial charge in [0, 0.05) is 30.5 Å². The van der Waals surface area contributed by atoms with E-state index in [1.54, 1.807) is 41.2 Å². The molecular weight excluding hydrogens is 665 g/mol. The van der Waals surface area contributed by atoms with Crippen LogP contribution in [0.1, 0.15) is 109 Å². The van der Waals surface area contributed by atoms with Gasteiger partial charge in [0.1, 0.15) is 11.6 Å². The highest BCUT2D eigenvalue weighted by Gasteiger charge is 2.41. The Hall–Kier alpha value is -4.52. The second kappa shape index (κ2) is 13.6. The van der Waals surface area contributed by atoms with E-state index in [1.807, 2.05) is 12.3 Å². The molecule has 4 aromatic heterocycles. The topological polar surface area (TPSA) is 144 Å². The summed E-state index contributed by atoms with van der Waals surface area (Å²) in [5, 5.41) is 7.80. The Morgan fingerprint density at radius 2 is 1.78 bits per heavy atom. The van der Waals surface area contributed by atoms with Gasteiger partial charge in [-0.15, -0.1) is 5.10 Å². The van der Waals surface area contributed by atoms with E-state index in [-0.39, 0.29) is 38.9 Å². The lowest BCUT2D eigenvalue weighted by Gasteiger charge is -2.34. The molecule has 2 N–H and O–H groups in total. The summed E-state index contributed by atoms with van der Waals surface area (Å²) in [7, 11) is -4.35. The molecule has 4 bridgehead atoms. The zero-order chi connectivity index (χ0) is 36.8. The minimum absolute atomic E-state index is 0.0752. The SMILES string of the molecule is CC(C)(C)CCOc1ccn(-c2ccc3c(n2)N2C[C@@H](CC[C@H](c4cc(C(C)(C)C)ccn4)Nc4cccc(n4)S(=O)(=O)NC3=O)CC2(C)C)n1. The second-order valence-corrected chi connectivity index (χ2v) is 18.2. The van der Waals surface area contributed by atoms with Gasteiger partial charge in [-0.1, -0.05) is 47.6 Å². The van der Waals surface area contributed by atoms with Gasteiger partial charge in [-0.05, 0) is 98.2 Å².